The zero-order valence-corrected chi connectivity index (χ0v) is 10.8. The Hall–Kier alpha value is -1.32. The number of allylic oxidation sites excluding steroid dienone is 2. The molecule has 17 heavy (non-hydrogen) atoms. The van der Waals surface area contributed by atoms with Crippen LogP contribution in [0.4, 0.5) is 0 Å². The first-order valence-electron chi connectivity index (χ1n) is 6.21. The summed E-state index contributed by atoms with van der Waals surface area (Å²) in [5.74, 6) is -0.569. The molecule has 1 aliphatic carbocycles. The second-order valence-electron chi connectivity index (χ2n) is 4.97. The van der Waals surface area contributed by atoms with Crippen molar-refractivity contribution in [2.75, 3.05) is 0 Å². The van der Waals surface area contributed by atoms with Crippen molar-refractivity contribution in [3.63, 3.8) is 0 Å². The summed E-state index contributed by atoms with van der Waals surface area (Å²) in [6, 6.07) is 0. The monoisotopic (exact) mass is 238 g/mol. The molecule has 1 atom stereocenters. The largest absolute Gasteiger partial charge is 0.368 e. The molecule has 4 heteroatoms. The minimum Gasteiger partial charge on any atom is -0.368 e. The zero-order valence-electron chi connectivity index (χ0n) is 10.8. The summed E-state index contributed by atoms with van der Waals surface area (Å²) >= 11 is 0. The summed E-state index contributed by atoms with van der Waals surface area (Å²) < 4.78 is 0. The highest BCUT2D eigenvalue weighted by atomic mass is 16.2. The maximum Gasteiger partial charge on any atom is 0.243 e. The lowest BCUT2D eigenvalue weighted by Gasteiger charge is -2.35. The molecule has 0 radical (unpaired) electrons. The molecular weight excluding hydrogens is 216 g/mol. The maximum absolute atomic E-state index is 12.1. The number of nitrogens with one attached hydrogen (secondary N) is 1. The van der Waals surface area contributed by atoms with E-state index in [0.717, 1.165) is 12.8 Å². The van der Waals surface area contributed by atoms with E-state index in [1.54, 1.807) is 0 Å². The van der Waals surface area contributed by atoms with Crippen LogP contribution in [0.25, 0.3) is 0 Å². The third kappa shape index (κ3) is 2.68. The van der Waals surface area contributed by atoms with Crippen molar-refractivity contribution in [2.45, 2.75) is 45.6 Å². The highest BCUT2D eigenvalue weighted by Gasteiger charge is 2.40. The van der Waals surface area contributed by atoms with Crippen molar-refractivity contribution >= 4 is 11.8 Å². The third-order valence-electron chi connectivity index (χ3n) is 3.71. The lowest BCUT2D eigenvalue weighted by Crippen LogP contribution is -2.61. The molecule has 0 spiro atoms. The number of hydrogen-bond acceptors (Lipinski definition) is 2. The summed E-state index contributed by atoms with van der Waals surface area (Å²) in [4.78, 5) is 23.7. The van der Waals surface area contributed by atoms with Gasteiger partial charge in [-0.25, -0.2) is 0 Å². The Morgan fingerprint density at radius 3 is 2.29 bits per heavy atom. The molecule has 0 aromatic carbocycles. The molecule has 0 heterocycles. The van der Waals surface area contributed by atoms with E-state index in [0.29, 0.717) is 6.42 Å². The van der Waals surface area contributed by atoms with Gasteiger partial charge in [-0.1, -0.05) is 32.9 Å². The number of primary amides is 1. The van der Waals surface area contributed by atoms with Crippen molar-refractivity contribution in [1.82, 2.24) is 5.32 Å². The quantitative estimate of drug-likeness (QED) is 0.710. The van der Waals surface area contributed by atoms with Gasteiger partial charge in [0, 0.05) is 5.92 Å². The summed E-state index contributed by atoms with van der Waals surface area (Å²) in [6.45, 7) is 5.68. The molecule has 1 aliphatic rings. The first-order chi connectivity index (χ1) is 7.94. The van der Waals surface area contributed by atoms with Gasteiger partial charge in [-0.2, -0.15) is 0 Å². The number of rotatable bonds is 5. The van der Waals surface area contributed by atoms with Crippen LogP contribution in [0.3, 0.4) is 0 Å². The molecule has 4 nitrogen and oxygen atoms in total. The fourth-order valence-corrected chi connectivity index (χ4v) is 2.31. The number of hydrogen-bond donors (Lipinski definition) is 2. The van der Waals surface area contributed by atoms with Crippen LogP contribution in [0.1, 0.15) is 40.0 Å². The van der Waals surface area contributed by atoms with Crippen LogP contribution >= 0.6 is 0 Å². The van der Waals surface area contributed by atoms with E-state index in [4.69, 9.17) is 5.73 Å². The fourth-order valence-electron chi connectivity index (χ4n) is 2.31. The number of nitrogens with two attached hydrogens (primary N) is 1. The van der Waals surface area contributed by atoms with Crippen LogP contribution in [0.2, 0.25) is 0 Å². The van der Waals surface area contributed by atoms with Crippen LogP contribution in [-0.2, 0) is 9.59 Å². The Morgan fingerprint density at radius 2 is 1.94 bits per heavy atom. The van der Waals surface area contributed by atoms with E-state index in [9.17, 15) is 9.59 Å². The minimum absolute atomic E-state index is 0.0108. The molecule has 96 valence electrons. The average molecular weight is 238 g/mol. The standard InChI is InChI=1S/C13H22N2O2/c1-4-13(9(2)3,12(14)17)15-11(16)10-7-5-6-8-10/h5-6,9-10H,4,7-8H2,1-3H3,(H2,14,17)(H,15,16)/t13-/m1/s1. The van der Waals surface area contributed by atoms with Gasteiger partial charge in [-0.3, -0.25) is 9.59 Å². The molecule has 3 N–H and O–H groups in total. The van der Waals surface area contributed by atoms with Gasteiger partial charge >= 0.3 is 0 Å². The first-order valence-corrected chi connectivity index (χ1v) is 6.21. The van der Waals surface area contributed by atoms with E-state index in [1.165, 1.54) is 0 Å². The second-order valence-corrected chi connectivity index (χ2v) is 4.97. The fraction of sp³-hybridized carbons (Fsp3) is 0.692. The van der Waals surface area contributed by atoms with Crippen molar-refractivity contribution in [1.29, 1.82) is 0 Å². The Labute approximate surface area is 103 Å². The van der Waals surface area contributed by atoms with Crippen molar-refractivity contribution in [2.24, 2.45) is 17.6 Å². The minimum atomic E-state index is -0.917. The SMILES string of the molecule is CC[C@](NC(=O)C1CC=CC1)(C(N)=O)C(C)C. The summed E-state index contributed by atoms with van der Waals surface area (Å²) in [6.07, 6.45) is 6.02. The Balaban J connectivity index is 2.79. The third-order valence-corrected chi connectivity index (χ3v) is 3.71. The lowest BCUT2D eigenvalue weighted by atomic mass is 9.82. The predicted molar refractivity (Wildman–Crippen MR) is 67.1 cm³/mol. The first kappa shape index (κ1) is 13.7. The molecule has 0 unspecified atom stereocenters. The topological polar surface area (TPSA) is 72.2 Å². The highest BCUT2D eigenvalue weighted by Crippen LogP contribution is 2.24. The molecular formula is C13H22N2O2. The second kappa shape index (κ2) is 5.34. The van der Waals surface area contributed by atoms with Gasteiger partial charge in [0.2, 0.25) is 11.8 Å². The molecule has 2 amide bonds. The van der Waals surface area contributed by atoms with Gasteiger partial charge in [0.15, 0.2) is 0 Å². The number of amides is 2. The lowest BCUT2D eigenvalue weighted by molar-refractivity contribution is -0.135. The van der Waals surface area contributed by atoms with Gasteiger partial charge in [-0.15, -0.1) is 0 Å². The summed E-state index contributed by atoms with van der Waals surface area (Å²) in [5, 5.41) is 2.87. The predicted octanol–water partition coefficient (Wildman–Crippen LogP) is 1.36. The van der Waals surface area contributed by atoms with Gasteiger partial charge in [0.25, 0.3) is 0 Å². The molecule has 0 aliphatic heterocycles. The summed E-state index contributed by atoms with van der Waals surface area (Å²) in [7, 11) is 0. The van der Waals surface area contributed by atoms with Gasteiger partial charge in [0.1, 0.15) is 5.54 Å². The van der Waals surface area contributed by atoms with E-state index in [2.05, 4.69) is 5.32 Å². The zero-order chi connectivity index (χ0) is 13.1. The smallest absolute Gasteiger partial charge is 0.243 e. The van der Waals surface area contributed by atoms with Crippen molar-refractivity contribution in [3.05, 3.63) is 12.2 Å². The van der Waals surface area contributed by atoms with E-state index in [1.807, 2.05) is 32.9 Å². The molecule has 0 aromatic rings. The van der Waals surface area contributed by atoms with E-state index in [-0.39, 0.29) is 17.7 Å². The van der Waals surface area contributed by atoms with Crippen LogP contribution in [-0.4, -0.2) is 17.4 Å². The van der Waals surface area contributed by atoms with Crippen LogP contribution in [0, 0.1) is 11.8 Å². The number of carbonyl (C=O) groups excluding carboxylic acids is 2. The normalized spacial score (nSPS) is 19.3. The van der Waals surface area contributed by atoms with Crippen molar-refractivity contribution < 1.29 is 9.59 Å². The van der Waals surface area contributed by atoms with Gasteiger partial charge < -0.3 is 11.1 Å². The Kier molecular flexibility index (Phi) is 4.32. The summed E-state index contributed by atoms with van der Waals surface area (Å²) in [5.41, 5.74) is 4.54. The van der Waals surface area contributed by atoms with E-state index < -0.39 is 11.4 Å². The molecule has 0 aromatic heterocycles. The maximum atomic E-state index is 12.1. The Morgan fingerprint density at radius 1 is 1.41 bits per heavy atom. The van der Waals surface area contributed by atoms with Gasteiger partial charge in [0.05, 0.1) is 0 Å². The highest BCUT2D eigenvalue weighted by molar-refractivity contribution is 5.91. The van der Waals surface area contributed by atoms with Crippen molar-refractivity contribution in [3.8, 4) is 0 Å². The average Bonchev–Trinajstić information content (AvgIpc) is 2.77. The Bertz CT molecular complexity index is 328. The van der Waals surface area contributed by atoms with Crippen LogP contribution in [0.5, 0.6) is 0 Å². The molecule has 0 saturated heterocycles. The number of carbonyl (C=O) groups is 2. The molecule has 0 fully saturated rings. The molecule has 0 bridgehead atoms. The molecule has 1 rings (SSSR count). The van der Waals surface area contributed by atoms with E-state index >= 15 is 0 Å². The molecule has 0 saturated carbocycles. The van der Waals surface area contributed by atoms with Crippen LogP contribution in [0.15, 0.2) is 12.2 Å². The van der Waals surface area contributed by atoms with Gasteiger partial charge in [-0.05, 0) is 25.2 Å². The van der Waals surface area contributed by atoms with Crippen LogP contribution < -0.4 is 11.1 Å².